The first-order valence-corrected chi connectivity index (χ1v) is 11.7. The van der Waals surface area contributed by atoms with Crippen molar-refractivity contribution < 1.29 is 14.3 Å². The van der Waals surface area contributed by atoms with Crippen LogP contribution in [0.25, 0.3) is 22.6 Å². The number of amides is 1. The molecule has 10 heteroatoms. The number of ether oxygens (including phenoxy) is 2. The zero-order chi connectivity index (χ0) is 24.6. The lowest BCUT2D eigenvalue weighted by Crippen LogP contribution is -2.24. The molecule has 5 rings (SSSR count). The molecule has 0 radical (unpaired) electrons. The lowest BCUT2D eigenvalue weighted by molar-refractivity contribution is -0.122. The molecule has 180 valence electrons. The predicted octanol–water partition coefficient (Wildman–Crippen LogP) is 3.95. The number of benzene rings is 1. The molecule has 1 amide bonds. The average molecular weight is 493 g/mol. The van der Waals surface area contributed by atoms with Gasteiger partial charge >= 0.3 is 0 Å². The number of hydrogen-bond donors (Lipinski definition) is 1. The van der Waals surface area contributed by atoms with Crippen molar-refractivity contribution in [1.29, 1.82) is 0 Å². The van der Waals surface area contributed by atoms with Gasteiger partial charge in [0.25, 0.3) is 5.91 Å². The summed E-state index contributed by atoms with van der Waals surface area (Å²) in [5.74, 6) is 1.14. The molecule has 0 aliphatic heterocycles. The number of aromatic nitrogens is 5. The van der Waals surface area contributed by atoms with E-state index in [9.17, 15) is 4.79 Å². The molecule has 1 aromatic carbocycles. The van der Waals surface area contributed by atoms with Crippen molar-refractivity contribution in [3.8, 4) is 23.0 Å². The molecule has 35 heavy (non-hydrogen) atoms. The van der Waals surface area contributed by atoms with E-state index in [1.165, 1.54) is 6.33 Å². The highest BCUT2D eigenvalue weighted by molar-refractivity contribution is 6.34. The molecule has 0 unspecified atom stereocenters. The third-order valence-electron chi connectivity index (χ3n) is 5.93. The fourth-order valence-electron chi connectivity index (χ4n) is 3.72. The molecule has 0 saturated heterocycles. The van der Waals surface area contributed by atoms with Crippen LogP contribution in [0.3, 0.4) is 0 Å². The Kier molecular flexibility index (Phi) is 6.02. The largest absolute Gasteiger partial charge is 0.482 e. The van der Waals surface area contributed by atoms with Gasteiger partial charge in [0.2, 0.25) is 5.88 Å². The van der Waals surface area contributed by atoms with Crippen LogP contribution >= 0.6 is 11.6 Å². The molecule has 1 aliphatic carbocycles. The second-order valence-corrected chi connectivity index (χ2v) is 9.21. The molecule has 4 aromatic rings. The van der Waals surface area contributed by atoms with Crippen LogP contribution in [0, 0.1) is 6.92 Å². The zero-order valence-electron chi connectivity index (χ0n) is 19.7. The number of likely N-dealkylation sites (N-methyl/N-ethyl adjacent to an activating group) is 1. The summed E-state index contributed by atoms with van der Waals surface area (Å²) in [6.07, 6.45) is 5.20. The Bertz CT molecular complexity index is 1420. The van der Waals surface area contributed by atoms with Gasteiger partial charge in [-0.15, -0.1) is 0 Å². The van der Waals surface area contributed by atoms with Gasteiger partial charge in [-0.3, -0.25) is 9.78 Å². The molecule has 1 fully saturated rings. The second-order valence-electron chi connectivity index (χ2n) is 8.83. The number of carbonyl (C=O) groups excluding carboxylic acids is 1. The van der Waals surface area contributed by atoms with Crippen LogP contribution in [0.2, 0.25) is 5.02 Å². The van der Waals surface area contributed by atoms with Gasteiger partial charge in [0.15, 0.2) is 17.8 Å². The van der Waals surface area contributed by atoms with Crippen LogP contribution in [0.5, 0.6) is 11.6 Å². The highest BCUT2D eigenvalue weighted by Gasteiger charge is 2.41. The van der Waals surface area contributed by atoms with Crippen molar-refractivity contribution in [2.24, 2.45) is 0 Å². The van der Waals surface area contributed by atoms with Crippen LogP contribution in [0.15, 0.2) is 42.9 Å². The normalized spacial score (nSPS) is 14.1. The monoisotopic (exact) mass is 492 g/mol. The fraction of sp³-hybridized carbons (Fsp3) is 0.320. The van der Waals surface area contributed by atoms with Crippen molar-refractivity contribution in [3.05, 3.63) is 59.1 Å². The predicted molar refractivity (Wildman–Crippen MR) is 132 cm³/mol. The summed E-state index contributed by atoms with van der Waals surface area (Å²) in [4.78, 5) is 30.0. The van der Waals surface area contributed by atoms with Crippen molar-refractivity contribution in [2.45, 2.75) is 38.8 Å². The SMILES string of the molecule is CNC(=O)COc1cccc(-c2nc3c(OC4(C)CC4)ncnc3n2Cc2cc(C)ccn2)c1Cl. The van der Waals surface area contributed by atoms with E-state index < -0.39 is 0 Å². The topological polar surface area (TPSA) is 104 Å². The second kappa shape index (κ2) is 9.14. The third kappa shape index (κ3) is 4.77. The van der Waals surface area contributed by atoms with Crippen molar-refractivity contribution in [2.75, 3.05) is 13.7 Å². The van der Waals surface area contributed by atoms with E-state index in [1.54, 1.807) is 19.3 Å². The summed E-state index contributed by atoms with van der Waals surface area (Å²) >= 11 is 6.76. The van der Waals surface area contributed by atoms with Crippen molar-refractivity contribution in [1.82, 2.24) is 29.8 Å². The van der Waals surface area contributed by atoms with E-state index in [2.05, 4.69) is 27.2 Å². The lowest BCUT2D eigenvalue weighted by Gasteiger charge is -2.13. The van der Waals surface area contributed by atoms with Gasteiger partial charge in [-0.25, -0.2) is 9.97 Å². The molecule has 1 saturated carbocycles. The summed E-state index contributed by atoms with van der Waals surface area (Å²) in [6.45, 7) is 4.35. The first-order chi connectivity index (χ1) is 16.9. The molecule has 0 atom stereocenters. The van der Waals surface area contributed by atoms with Gasteiger partial charge in [0.1, 0.15) is 23.5 Å². The number of halogens is 1. The van der Waals surface area contributed by atoms with E-state index in [1.807, 2.05) is 35.8 Å². The minimum absolute atomic E-state index is 0.147. The maximum atomic E-state index is 11.7. The van der Waals surface area contributed by atoms with Gasteiger partial charge in [-0.2, -0.15) is 4.98 Å². The molecular formula is C25H25ClN6O3. The fourth-order valence-corrected chi connectivity index (χ4v) is 3.98. The van der Waals surface area contributed by atoms with E-state index in [0.717, 1.165) is 24.1 Å². The van der Waals surface area contributed by atoms with E-state index >= 15 is 0 Å². The van der Waals surface area contributed by atoms with Gasteiger partial charge in [0.05, 0.1) is 17.3 Å². The summed E-state index contributed by atoms with van der Waals surface area (Å²) in [6, 6.07) is 9.34. The van der Waals surface area contributed by atoms with Gasteiger partial charge < -0.3 is 19.4 Å². The van der Waals surface area contributed by atoms with Crippen LogP contribution in [-0.2, 0) is 11.3 Å². The zero-order valence-corrected chi connectivity index (χ0v) is 20.5. The molecule has 9 nitrogen and oxygen atoms in total. The smallest absolute Gasteiger partial charge is 0.257 e. The molecule has 3 aromatic heterocycles. The Morgan fingerprint density at radius 3 is 2.80 bits per heavy atom. The number of hydrogen-bond acceptors (Lipinski definition) is 7. The molecule has 1 aliphatic rings. The molecule has 0 bridgehead atoms. The third-order valence-corrected chi connectivity index (χ3v) is 6.32. The average Bonchev–Trinajstić information content (AvgIpc) is 3.46. The highest BCUT2D eigenvalue weighted by atomic mass is 35.5. The summed E-state index contributed by atoms with van der Waals surface area (Å²) < 4.78 is 13.8. The van der Waals surface area contributed by atoms with E-state index in [4.69, 9.17) is 26.1 Å². The van der Waals surface area contributed by atoms with E-state index in [-0.39, 0.29) is 18.1 Å². The molecular weight excluding hydrogens is 468 g/mol. The van der Waals surface area contributed by atoms with Gasteiger partial charge in [0, 0.05) is 18.8 Å². The van der Waals surface area contributed by atoms with E-state index in [0.29, 0.717) is 45.7 Å². The number of imidazole rings is 1. The number of pyridine rings is 1. The maximum absolute atomic E-state index is 11.7. The number of nitrogens with zero attached hydrogens (tertiary/aromatic N) is 5. The Labute approximate surface area is 207 Å². The quantitative estimate of drug-likeness (QED) is 0.397. The van der Waals surface area contributed by atoms with Gasteiger partial charge in [-0.1, -0.05) is 17.7 Å². The van der Waals surface area contributed by atoms with Crippen molar-refractivity contribution in [3.63, 3.8) is 0 Å². The van der Waals surface area contributed by atoms with Gasteiger partial charge in [-0.05, 0) is 56.5 Å². The number of rotatable bonds is 8. The Morgan fingerprint density at radius 2 is 2.06 bits per heavy atom. The summed E-state index contributed by atoms with van der Waals surface area (Å²) in [5.41, 5.74) is 3.53. The minimum atomic E-state index is -0.255. The standard InChI is InChI=1S/C25H25ClN6O3/c1-15-7-10-28-16(11-15)12-32-22(17-5-4-6-18(20(17)26)34-13-19(33)27-3)31-21-23(32)29-14-30-24(21)35-25(2)8-9-25/h4-7,10-11,14H,8-9,12-13H2,1-3H3,(H,27,33). The first-order valence-electron chi connectivity index (χ1n) is 11.3. The minimum Gasteiger partial charge on any atom is -0.482 e. The maximum Gasteiger partial charge on any atom is 0.257 e. The Balaban J connectivity index is 1.64. The summed E-state index contributed by atoms with van der Waals surface area (Å²) in [7, 11) is 1.55. The molecule has 3 heterocycles. The first kappa shape index (κ1) is 23.0. The van der Waals surface area contributed by atoms with Crippen LogP contribution < -0.4 is 14.8 Å². The summed E-state index contributed by atoms with van der Waals surface area (Å²) in [5, 5.41) is 2.87. The number of nitrogens with one attached hydrogen (secondary N) is 1. The number of carbonyl (C=O) groups is 1. The lowest BCUT2D eigenvalue weighted by atomic mass is 10.2. The van der Waals surface area contributed by atoms with Crippen LogP contribution in [0.4, 0.5) is 0 Å². The van der Waals surface area contributed by atoms with Crippen molar-refractivity contribution >= 4 is 28.7 Å². The Hall–Kier alpha value is -3.72. The molecule has 0 spiro atoms. The number of fused-ring (bicyclic) bond motifs is 1. The van der Waals surface area contributed by atoms with Crippen LogP contribution in [-0.4, -0.2) is 49.7 Å². The number of aryl methyl sites for hydroxylation is 1. The Morgan fingerprint density at radius 1 is 1.23 bits per heavy atom. The molecule has 1 N–H and O–H groups in total. The highest BCUT2D eigenvalue weighted by Crippen LogP contribution is 2.42. The van der Waals surface area contributed by atoms with Crippen LogP contribution in [0.1, 0.15) is 31.0 Å².